The first kappa shape index (κ1) is 10.9. The highest BCUT2D eigenvalue weighted by Crippen LogP contribution is 2.36. The summed E-state index contributed by atoms with van der Waals surface area (Å²) in [5, 5.41) is 4.02. The molecule has 2 rings (SSSR count). The number of hydrogen-bond donors (Lipinski definition) is 1. The van der Waals surface area contributed by atoms with Gasteiger partial charge in [-0.15, -0.1) is 11.3 Å². The van der Waals surface area contributed by atoms with Gasteiger partial charge in [0, 0.05) is 21.6 Å². The summed E-state index contributed by atoms with van der Waals surface area (Å²) in [7, 11) is 1.60. The summed E-state index contributed by atoms with van der Waals surface area (Å²) in [5.41, 5.74) is 0. The summed E-state index contributed by atoms with van der Waals surface area (Å²) in [6.45, 7) is 0. The van der Waals surface area contributed by atoms with Gasteiger partial charge in [-0.1, -0.05) is 33.6 Å². The fourth-order valence-electron chi connectivity index (χ4n) is 1.30. The van der Waals surface area contributed by atoms with Gasteiger partial charge in [0.15, 0.2) is 0 Å². The smallest absolute Gasteiger partial charge is 0.262 e. The predicted octanol–water partition coefficient (Wildman–Crippen LogP) is 3.68. The average molecular weight is 305 g/mol. The van der Waals surface area contributed by atoms with Crippen molar-refractivity contribution in [2.75, 3.05) is 7.05 Å². The van der Waals surface area contributed by atoms with Crippen molar-refractivity contribution < 1.29 is 4.79 Å². The molecule has 0 aliphatic carbocycles. The molecule has 0 saturated carbocycles. The normalized spacial score (nSPS) is 10.6. The highest BCUT2D eigenvalue weighted by molar-refractivity contribution is 9.10. The van der Waals surface area contributed by atoms with E-state index in [4.69, 9.17) is 11.6 Å². The molecule has 5 heteroatoms. The molecule has 0 bridgehead atoms. The molecule has 0 fully saturated rings. The van der Waals surface area contributed by atoms with Gasteiger partial charge in [0.2, 0.25) is 0 Å². The molecular formula is C10H7BrClNOS. The van der Waals surface area contributed by atoms with Crippen molar-refractivity contribution in [2.24, 2.45) is 0 Å². The Hall–Kier alpha value is -0.580. The van der Waals surface area contributed by atoms with Crippen molar-refractivity contribution in [1.82, 2.24) is 5.32 Å². The Kier molecular flexibility index (Phi) is 3.00. The second-order valence-electron chi connectivity index (χ2n) is 2.96. The van der Waals surface area contributed by atoms with E-state index in [1.165, 1.54) is 11.3 Å². The highest BCUT2D eigenvalue weighted by Gasteiger charge is 2.15. The Morgan fingerprint density at radius 1 is 1.53 bits per heavy atom. The van der Waals surface area contributed by atoms with Crippen LogP contribution in [0.3, 0.4) is 0 Å². The molecule has 1 heterocycles. The largest absolute Gasteiger partial charge is 0.354 e. The van der Waals surface area contributed by atoms with Gasteiger partial charge >= 0.3 is 0 Å². The number of carbonyl (C=O) groups excluding carboxylic acids is 1. The number of rotatable bonds is 1. The second-order valence-corrected chi connectivity index (χ2v) is 5.31. The molecule has 1 amide bonds. The van der Waals surface area contributed by atoms with Crippen LogP contribution in [-0.4, -0.2) is 13.0 Å². The van der Waals surface area contributed by atoms with Crippen LogP contribution in [0, 0.1) is 0 Å². The number of hydrogen-bond acceptors (Lipinski definition) is 2. The first-order valence-electron chi connectivity index (χ1n) is 4.23. The Labute approximate surface area is 104 Å². The van der Waals surface area contributed by atoms with E-state index in [2.05, 4.69) is 21.2 Å². The summed E-state index contributed by atoms with van der Waals surface area (Å²) in [4.78, 5) is 12.1. The van der Waals surface area contributed by atoms with Crippen LogP contribution < -0.4 is 5.32 Å². The number of thiophene rings is 1. The van der Waals surface area contributed by atoms with Crippen molar-refractivity contribution >= 4 is 54.9 Å². The van der Waals surface area contributed by atoms with Gasteiger partial charge in [0.1, 0.15) is 4.88 Å². The molecule has 1 aromatic carbocycles. The first-order chi connectivity index (χ1) is 7.13. The Bertz CT molecular complexity index is 537. The van der Waals surface area contributed by atoms with E-state index in [0.29, 0.717) is 9.90 Å². The molecule has 0 aliphatic rings. The molecule has 0 atom stereocenters. The zero-order valence-corrected chi connectivity index (χ0v) is 11.0. The third-order valence-corrected chi connectivity index (χ3v) is 4.17. The lowest BCUT2D eigenvalue weighted by molar-refractivity contribution is 0.0967. The SMILES string of the molecule is CNC(=O)c1sc2cc(Br)ccc2c1Cl. The van der Waals surface area contributed by atoms with Crippen LogP contribution in [0.4, 0.5) is 0 Å². The van der Waals surface area contributed by atoms with E-state index in [0.717, 1.165) is 14.6 Å². The van der Waals surface area contributed by atoms with Crippen molar-refractivity contribution in [3.63, 3.8) is 0 Å². The van der Waals surface area contributed by atoms with Crippen LogP contribution >= 0.6 is 38.9 Å². The van der Waals surface area contributed by atoms with Crippen molar-refractivity contribution in [2.45, 2.75) is 0 Å². The van der Waals surface area contributed by atoms with E-state index in [1.54, 1.807) is 7.05 Å². The maximum absolute atomic E-state index is 11.5. The third kappa shape index (κ3) is 1.89. The predicted molar refractivity (Wildman–Crippen MR) is 67.9 cm³/mol. The van der Waals surface area contributed by atoms with E-state index >= 15 is 0 Å². The molecule has 0 radical (unpaired) electrons. The summed E-state index contributed by atoms with van der Waals surface area (Å²) in [6, 6.07) is 5.78. The molecule has 0 saturated heterocycles. The van der Waals surface area contributed by atoms with Gasteiger partial charge in [-0.05, 0) is 12.1 Å². The van der Waals surface area contributed by atoms with Gasteiger partial charge in [-0.25, -0.2) is 0 Å². The second kappa shape index (κ2) is 4.12. The molecule has 2 nitrogen and oxygen atoms in total. The van der Waals surface area contributed by atoms with Gasteiger partial charge in [-0.2, -0.15) is 0 Å². The van der Waals surface area contributed by atoms with Crippen LogP contribution in [0.5, 0.6) is 0 Å². The van der Waals surface area contributed by atoms with Crippen LogP contribution in [0.15, 0.2) is 22.7 Å². The minimum absolute atomic E-state index is 0.141. The number of halogens is 2. The molecule has 78 valence electrons. The zero-order chi connectivity index (χ0) is 11.0. The van der Waals surface area contributed by atoms with Crippen molar-refractivity contribution in [1.29, 1.82) is 0 Å². The Balaban J connectivity index is 2.69. The van der Waals surface area contributed by atoms with Gasteiger partial charge in [-0.3, -0.25) is 4.79 Å². The molecular weight excluding hydrogens is 298 g/mol. The fourth-order valence-corrected chi connectivity index (χ4v) is 3.31. The van der Waals surface area contributed by atoms with Gasteiger partial charge < -0.3 is 5.32 Å². The third-order valence-electron chi connectivity index (χ3n) is 2.02. The van der Waals surface area contributed by atoms with Gasteiger partial charge in [0.25, 0.3) is 5.91 Å². The topological polar surface area (TPSA) is 29.1 Å². The number of nitrogens with one attached hydrogen (secondary N) is 1. The zero-order valence-electron chi connectivity index (χ0n) is 7.80. The lowest BCUT2D eigenvalue weighted by Crippen LogP contribution is -2.16. The molecule has 15 heavy (non-hydrogen) atoms. The number of fused-ring (bicyclic) bond motifs is 1. The number of carbonyl (C=O) groups is 1. The van der Waals surface area contributed by atoms with Crippen LogP contribution in [0.1, 0.15) is 9.67 Å². The highest BCUT2D eigenvalue weighted by atomic mass is 79.9. The summed E-state index contributed by atoms with van der Waals surface area (Å²) in [6.07, 6.45) is 0. The standard InChI is InChI=1S/C10H7BrClNOS/c1-13-10(14)9-8(12)6-3-2-5(11)4-7(6)15-9/h2-4H,1H3,(H,13,14). The summed E-state index contributed by atoms with van der Waals surface area (Å²) in [5.74, 6) is -0.141. The van der Waals surface area contributed by atoms with Crippen LogP contribution in [0.25, 0.3) is 10.1 Å². The Morgan fingerprint density at radius 3 is 2.93 bits per heavy atom. The molecule has 0 unspecified atom stereocenters. The lowest BCUT2D eigenvalue weighted by atomic mass is 10.2. The Morgan fingerprint density at radius 2 is 2.27 bits per heavy atom. The fraction of sp³-hybridized carbons (Fsp3) is 0.100. The maximum atomic E-state index is 11.5. The maximum Gasteiger partial charge on any atom is 0.262 e. The molecule has 1 aromatic heterocycles. The van der Waals surface area contributed by atoms with E-state index in [1.807, 2.05) is 18.2 Å². The summed E-state index contributed by atoms with van der Waals surface area (Å²) < 4.78 is 1.99. The number of benzene rings is 1. The number of amides is 1. The molecule has 1 N–H and O–H groups in total. The van der Waals surface area contributed by atoms with E-state index in [9.17, 15) is 4.79 Å². The molecule has 0 aliphatic heterocycles. The van der Waals surface area contributed by atoms with Crippen LogP contribution in [0.2, 0.25) is 5.02 Å². The molecule has 2 aromatic rings. The summed E-state index contributed by atoms with van der Waals surface area (Å²) >= 11 is 10.9. The first-order valence-corrected chi connectivity index (χ1v) is 6.22. The molecule has 0 spiro atoms. The lowest BCUT2D eigenvalue weighted by Gasteiger charge is -1.94. The van der Waals surface area contributed by atoms with E-state index in [-0.39, 0.29) is 5.91 Å². The van der Waals surface area contributed by atoms with Crippen molar-refractivity contribution in [3.05, 3.63) is 32.6 Å². The van der Waals surface area contributed by atoms with Gasteiger partial charge in [0.05, 0.1) is 5.02 Å². The minimum Gasteiger partial charge on any atom is -0.354 e. The quantitative estimate of drug-likeness (QED) is 0.855. The minimum atomic E-state index is -0.141. The average Bonchev–Trinajstić information content (AvgIpc) is 2.54. The van der Waals surface area contributed by atoms with E-state index < -0.39 is 0 Å². The monoisotopic (exact) mass is 303 g/mol. The van der Waals surface area contributed by atoms with Crippen LogP contribution in [-0.2, 0) is 0 Å². The van der Waals surface area contributed by atoms with Crippen molar-refractivity contribution in [3.8, 4) is 0 Å².